The molecule has 3 saturated carbocycles. The van der Waals surface area contributed by atoms with Crippen molar-refractivity contribution in [1.82, 2.24) is 5.06 Å². The Morgan fingerprint density at radius 2 is 1.88 bits per heavy atom. The molecule has 5 aliphatic rings. The molecule has 4 fully saturated rings. The number of carbonyl (C=O) groups is 2. The van der Waals surface area contributed by atoms with Gasteiger partial charge in [-0.1, -0.05) is 26.3 Å². The molecule has 5 rings (SSSR count). The summed E-state index contributed by atoms with van der Waals surface area (Å²) < 4.78 is 31.4. The Balaban J connectivity index is 1.45. The molecule has 0 aromatic carbocycles. The van der Waals surface area contributed by atoms with Crippen LogP contribution in [0.15, 0.2) is 11.1 Å². The molecule has 2 amide bonds. The molecule has 1 heterocycles. The number of hydrogen-bond acceptors (Lipinski definition) is 5. The molecule has 1 saturated heterocycles. The van der Waals surface area contributed by atoms with Crippen LogP contribution in [0.5, 0.6) is 0 Å². The Morgan fingerprint density at radius 1 is 1.15 bits per heavy atom. The van der Waals surface area contributed by atoms with E-state index in [-0.39, 0.29) is 16.7 Å². The number of hydroxylamine groups is 2. The van der Waals surface area contributed by atoms with Gasteiger partial charge in [-0.05, 0) is 61.2 Å². The molecule has 26 heavy (non-hydrogen) atoms. The van der Waals surface area contributed by atoms with Crippen LogP contribution in [0.25, 0.3) is 0 Å². The van der Waals surface area contributed by atoms with Gasteiger partial charge >= 0.3 is 0 Å². The maximum Gasteiger partial charge on any atom is 0.292 e. The Morgan fingerprint density at radius 3 is 2.46 bits per heavy atom. The van der Waals surface area contributed by atoms with Crippen LogP contribution in [-0.4, -0.2) is 30.5 Å². The summed E-state index contributed by atoms with van der Waals surface area (Å²) in [6.07, 6.45) is 4.94. The highest BCUT2D eigenvalue weighted by Crippen LogP contribution is 2.67. The van der Waals surface area contributed by atoms with Gasteiger partial charge in [0.05, 0.1) is 11.2 Å². The van der Waals surface area contributed by atoms with Crippen molar-refractivity contribution in [1.29, 1.82) is 0 Å². The number of carbonyl (C=O) groups excluding carboxylic acids is 2. The SMILES string of the molecule is CC1(C)C2CCC1(C)C(S(=O)(=O)ON1C(=O)C3=C4CCC(C4)C3C1=O)C2. The quantitative estimate of drug-likeness (QED) is 0.704. The van der Waals surface area contributed by atoms with Crippen LogP contribution >= 0.6 is 0 Å². The Bertz CT molecular complexity index is 872. The molecule has 4 aliphatic carbocycles. The molecule has 0 aromatic rings. The maximum absolute atomic E-state index is 13.1. The van der Waals surface area contributed by atoms with E-state index in [0.717, 1.165) is 37.7 Å². The third kappa shape index (κ3) is 1.79. The summed E-state index contributed by atoms with van der Waals surface area (Å²) in [4.78, 5) is 25.4. The summed E-state index contributed by atoms with van der Waals surface area (Å²) in [5.74, 6) is -1.03. The molecule has 6 nitrogen and oxygen atoms in total. The van der Waals surface area contributed by atoms with Crippen molar-refractivity contribution >= 4 is 21.9 Å². The monoisotopic (exact) mass is 379 g/mol. The standard InChI is InChI=1S/C19H25NO5S/c1-18(2)12-6-7-19(18,3)13(9-12)26(23,24)25-20-16(21)14-10-4-5-11(8-10)15(14)17(20)22/h10,12-14H,4-9H2,1-3H3. The summed E-state index contributed by atoms with van der Waals surface area (Å²) >= 11 is 0. The van der Waals surface area contributed by atoms with Crippen LogP contribution in [0.3, 0.4) is 0 Å². The van der Waals surface area contributed by atoms with Gasteiger partial charge in [-0.15, -0.1) is 9.35 Å². The molecule has 5 unspecified atom stereocenters. The third-order valence-electron chi connectivity index (χ3n) is 8.61. The third-order valence-corrected chi connectivity index (χ3v) is 10.4. The largest absolute Gasteiger partial charge is 0.292 e. The van der Waals surface area contributed by atoms with E-state index in [2.05, 4.69) is 13.8 Å². The first-order chi connectivity index (χ1) is 12.1. The summed E-state index contributed by atoms with van der Waals surface area (Å²) in [5.41, 5.74) is 1.06. The molecule has 0 N–H and O–H groups in total. The maximum atomic E-state index is 13.1. The van der Waals surface area contributed by atoms with Crippen molar-refractivity contribution < 1.29 is 22.3 Å². The van der Waals surface area contributed by atoms with Crippen LogP contribution in [0.4, 0.5) is 0 Å². The molecule has 142 valence electrons. The van der Waals surface area contributed by atoms with E-state index < -0.39 is 33.1 Å². The minimum atomic E-state index is -4.05. The fourth-order valence-electron chi connectivity index (χ4n) is 6.60. The zero-order valence-corrected chi connectivity index (χ0v) is 16.3. The topological polar surface area (TPSA) is 80.8 Å². The highest BCUT2D eigenvalue weighted by atomic mass is 32.2. The van der Waals surface area contributed by atoms with Gasteiger partial charge < -0.3 is 0 Å². The average Bonchev–Trinajstić information content (AvgIpc) is 3.31. The van der Waals surface area contributed by atoms with Crippen LogP contribution in [0.1, 0.15) is 59.3 Å². The highest BCUT2D eigenvalue weighted by Gasteiger charge is 2.66. The summed E-state index contributed by atoms with van der Waals surface area (Å²) in [7, 11) is -4.05. The van der Waals surface area contributed by atoms with E-state index in [0.29, 0.717) is 23.0 Å². The first-order valence-corrected chi connectivity index (χ1v) is 11.1. The van der Waals surface area contributed by atoms with Gasteiger partial charge in [0.1, 0.15) is 0 Å². The number of nitrogens with zero attached hydrogens (tertiary/aromatic N) is 1. The Labute approximate surface area is 154 Å². The zero-order valence-electron chi connectivity index (χ0n) is 15.4. The number of hydrogen-bond donors (Lipinski definition) is 0. The Hall–Kier alpha value is -1.21. The van der Waals surface area contributed by atoms with Crippen molar-refractivity contribution in [3.8, 4) is 0 Å². The van der Waals surface area contributed by atoms with Crippen molar-refractivity contribution in [2.24, 2.45) is 28.6 Å². The van der Waals surface area contributed by atoms with E-state index in [4.69, 9.17) is 4.28 Å². The minimum absolute atomic E-state index is 0.0899. The predicted molar refractivity (Wildman–Crippen MR) is 92.7 cm³/mol. The second kappa shape index (κ2) is 4.79. The molecule has 5 atom stereocenters. The number of fused-ring (bicyclic) bond motifs is 6. The molecule has 4 bridgehead atoms. The zero-order chi connectivity index (χ0) is 18.6. The molecule has 0 radical (unpaired) electrons. The van der Waals surface area contributed by atoms with E-state index in [1.54, 1.807) is 0 Å². The van der Waals surface area contributed by atoms with Crippen molar-refractivity contribution in [3.05, 3.63) is 11.1 Å². The van der Waals surface area contributed by atoms with Crippen molar-refractivity contribution in [2.45, 2.75) is 64.5 Å². The van der Waals surface area contributed by atoms with Gasteiger partial charge in [0.2, 0.25) is 0 Å². The normalized spacial score (nSPS) is 43.1. The molecular formula is C19H25NO5S. The van der Waals surface area contributed by atoms with Crippen molar-refractivity contribution in [2.75, 3.05) is 0 Å². The van der Waals surface area contributed by atoms with E-state index in [9.17, 15) is 18.0 Å². The molecule has 1 aliphatic heterocycles. The van der Waals surface area contributed by atoms with Gasteiger partial charge in [0.25, 0.3) is 21.9 Å². The van der Waals surface area contributed by atoms with E-state index >= 15 is 0 Å². The predicted octanol–water partition coefficient (Wildman–Crippen LogP) is 2.56. The van der Waals surface area contributed by atoms with Gasteiger partial charge in [0.15, 0.2) is 0 Å². The lowest BCUT2D eigenvalue weighted by atomic mass is 9.71. The first kappa shape index (κ1) is 16.9. The molecule has 7 heteroatoms. The van der Waals surface area contributed by atoms with Gasteiger partial charge in [-0.25, -0.2) is 0 Å². The number of amides is 2. The molecule has 0 aromatic heterocycles. The fraction of sp³-hybridized carbons (Fsp3) is 0.789. The van der Waals surface area contributed by atoms with Crippen LogP contribution in [0, 0.1) is 28.6 Å². The minimum Gasteiger partial charge on any atom is -0.271 e. The van der Waals surface area contributed by atoms with Crippen LogP contribution in [-0.2, 0) is 24.0 Å². The second-order valence-electron chi connectivity index (χ2n) is 9.60. The van der Waals surface area contributed by atoms with Gasteiger partial charge in [-0.3, -0.25) is 9.59 Å². The lowest BCUT2D eigenvalue weighted by molar-refractivity contribution is -0.165. The summed E-state index contributed by atoms with van der Waals surface area (Å²) in [5, 5.41) is -0.103. The molecule has 0 spiro atoms. The summed E-state index contributed by atoms with van der Waals surface area (Å²) in [6.45, 7) is 6.26. The number of rotatable bonds is 3. The van der Waals surface area contributed by atoms with Crippen LogP contribution < -0.4 is 0 Å². The van der Waals surface area contributed by atoms with Crippen LogP contribution in [0.2, 0.25) is 0 Å². The highest BCUT2D eigenvalue weighted by molar-refractivity contribution is 7.87. The fourth-order valence-corrected chi connectivity index (χ4v) is 8.58. The Kier molecular flexibility index (Phi) is 3.12. The average molecular weight is 379 g/mol. The lowest BCUT2D eigenvalue weighted by Gasteiger charge is -2.38. The second-order valence-corrected chi connectivity index (χ2v) is 11.3. The molecular weight excluding hydrogens is 354 g/mol. The van der Waals surface area contributed by atoms with E-state index in [1.165, 1.54) is 0 Å². The number of imide groups is 1. The first-order valence-electron chi connectivity index (χ1n) is 9.61. The lowest BCUT2D eigenvalue weighted by Crippen LogP contribution is -2.44. The van der Waals surface area contributed by atoms with Crippen molar-refractivity contribution in [3.63, 3.8) is 0 Å². The summed E-state index contributed by atoms with van der Waals surface area (Å²) in [6, 6.07) is 0. The van der Waals surface area contributed by atoms with Gasteiger partial charge in [0, 0.05) is 5.57 Å². The van der Waals surface area contributed by atoms with Gasteiger partial charge in [-0.2, -0.15) is 8.42 Å². The van der Waals surface area contributed by atoms with E-state index in [1.807, 2.05) is 6.92 Å². The smallest absolute Gasteiger partial charge is 0.271 e. The number of allylic oxidation sites excluding steroid dienone is 1.